The number of pyridine rings is 1. The van der Waals surface area contributed by atoms with Crippen molar-refractivity contribution in [3.8, 4) is 0 Å². The number of carbonyl (C=O) groups is 1. The zero-order valence-electron chi connectivity index (χ0n) is 12.4. The van der Waals surface area contributed by atoms with Crippen LogP contribution in [-0.4, -0.2) is 34.9 Å². The minimum absolute atomic E-state index is 0.00754. The first-order valence-electron chi connectivity index (χ1n) is 7.84. The normalized spacial score (nSPS) is 19.3. The van der Waals surface area contributed by atoms with Crippen LogP contribution >= 0.6 is 11.6 Å². The van der Waals surface area contributed by atoms with Gasteiger partial charge in [0.05, 0.1) is 10.6 Å². The summed E-state index contributed by atoms with van der Waals surface area (Å²) in [5.74, 6) is 0.760. The maximum atomic E-state index is 12.7. The van der Waals surface area contributed by atoms with E-state index in [1.807, 2.05) is 11.9 Å². The maximum absolute atomic E-state index is 12.7. The molecule has 1 amide bonds. The number of carbonyl (C=O) groups excluding carboxylic acids is 1. The van der Waals surface area contributed by atoms with Crippen molar-refractivity contribution >= 4 is 23.3 Å². The lowest BCUT2D eigenvalue weighted by Crippen LogP contribution is -2.38. The van der Waals surface area contributed by atoms with E-state index in [-0.39, 0.29) is 5.91 Å². The second kappa shape index (κ2) is 6.22. The van der Waals surface area contributed by atoms with E-state index in [4.69, 9.17) is 11.6 Å². The maximum Gasteiger partial charge on any atom is 0.255 e. The molecule has 3 rings (SSSR count). The van der Waals surface area contributed by atoms with Gasteiger partial charge in [-0.3, -0.25) is 4.79 Å². The average molecular weight is 308 g/mol. The molecule has 1 heterocycles. The van der Waals surface area contributed by atoms with E-state index in [2.05, 4.69) is 10.3 Å². The van der Waals surface area contributed by atoms with Gasteiger partial charge in [0, 0.05) is 25.3 Å². The first-order valence-corrected chi connectivity index (χ1v) is 8.22. The molecule has 0 radical (unpaired) electrons. The minimum atomic E-state index is 0.00754. The fourth-order valence-corrected chi connectivity index (χ4v) is 3.13. The molecule has 4 nitrogen and oxygen atoms in total. The number of hydrogen-bond acceptors (Lipinski definition) is 3. The van der Waals surface area contributed by atoms with Crippen LogP contribution in [0.2, 0.25) is 5.02 Å². The fourth-order valence-electron chi connectivity index (χ4n) is 2.94. The SMILES string of the molecule is CN(C(=O)c1cc(NC2CC2)ncc1Cl)C1CCCCC1. The first kappa shape index (κ1) is 14.6. The van der Waals surface area contributed by atoms with Gasteiger partial charge in [-0.25, -0.2) is 4.98 Å². The molecule has 0 aromatic carbocycles. The molecular weight excluding hydrogens is 286 g/mol. The molecule has 2 saturated carbocycles. The zero-order chi connectivity index (χ0) is 14.8. The van der Waals surface area contributed by atoms with Crippen LogP contribution in [0.1, 0.15) is 55.3 Å². The van der Waals surface area contributed by atoms with E-state index in [9.17, 15) is 4.79 Å². The Hall–Kier alpha value is -1.29. The molecule has 0 saturated heterocycles. The van der Waals surface area contributed by atoms with Gasteiger partial charge in [-0.2, -0.15) is 0 Å². The number of nitrogens with zero attached hydrogens (tertiary/aromatic N) is 2. The molecular formula is C16H22ClN3O. The second-order valence-corrected chi connectivity index (χ2v) is 6.58. The number of rotatable bonds is 4. The van der Waals surface area contributed by atoms with E-state index in [1.54, 1.807) is 12.3 Å². The van der Waals surface area contributed by atoms with Crippen molar-refractivity contribution in [1.82, 2.24) is 9.88 Å². The summed E-state index contributed by atoms with van der Waals surface area (Å²) in [4.78, 5) is 18.8. The molecule has 1 aromatic rings. The number of nitrogens with one attached hydrogen (secondary N) is 1. The smallest absolute Gasteiger partial charge is 0.255 e. The highest BCUT2D eigenvalue weighted by molar-refractivity contribution is 6.33. The van der Waals surface area contributed by atoms with Gasteiger partial charge in [-0.05, 0) is 31.7 Å². The molecule has 5 heteroatoms. The van der Waals surface area contributed by atoms with Crippen molar-refractivity contribution in [2.24, 2.45) is 0 Å². The van der Waals surface area contributed by atoms with E-state index >= 15 is 0 Å². The minimum Gasteiger partial charge on any atom is -0.367 e. The van der Waals surface area contributed by atoms with Crippen molar-refractivity contribution in [2.75, 3.05) is 12.4 Å². The topological polar surface area (TPSA) is 45.2 Å². The monoisotopic (exact) mass is 307 g/mol. The number of amides is 1. The summed E-state index contributed by atoms with van der Waals surface area (Å²) >= 11 is 6.19. The Morgan fingerprint density at radius 2 is 2.00 bits per heavy atom. The Labute approximate surface area is 130 Å². The molecule has 0 unspecified atom stereocenters. The molecule has 0 spiro atoms. The fraction of sp³-hybridized carbons (Fsp3) is 0.625. The third kappa shape index (κ3) is 3.49. The highest BCUT2D eigenvalue weighted by Gasteiger charge is 2.26. The number of anilines is 1. The van der Waals surface area contributed by atoms with Crippen LogP contribution in [-0.2, 0) is 0 Å². The zero-order valence-corrected chi connectivity index (χ0v) is 13.2. The molecule has 0 atom stereocenters. The highest BCUT2D eigenvalue weighted by atomic mass is 35.5. The largest absolute Gasteiger partial charge is 0.367 e. The van der Waals surface area contributed by atoms with Gasteiger partial charge in [0.1, 0.15) is 5.82 Å². The van der Waals surface area contributed by atoms with Crippen molar-refractivity contribution in [1.29, 1.82) is 0 Å². The summed E-state index contributed by atoms with van der Waals surface area (Å²) in [7, 11) is 1.89. The molecule has 2 fully saturated rings. The van der Waals surface area contributed by atoms with E-state index in [0.717, 1.165) is 18.7 Å². The molecule has 1 aromatic heterocycles. The van der Waals surface area contributed by atoms with Crippen molar-refractivity contribution in [2.45, 2.75) is 57.0 Å². The van der Waals surface area contributed by atoms with Gasteiger partial charge in [0.25, 0.3) is 5.91 Å². The van der Waals surface area contributed by atoms with Crippen molar-refractivity contribution < 1.29 is 4.79 Å². The Morgan fingerprint density at radius 3 is 2.67 bits per heavy atom. The Bertz CT molecular complexity index is 524. The van der Waals surface area contributed by atoms with Crippen LogP contribution in [0, 0.1) is 0 Å². The highest BCUT2D eigenvalue weighted by Crippen LogP contribution is 2.28. The molecule has 2 aliphatic rings. The van der Waals surface area contributed by atoms with Crippen molar-refractivity contribution in [3.63, 3.8) is 0 Å². The third-order valence-electron chi connectivity index (χ3n) is 4.46. The first-order chi connectivity index (χ1) is 10.1. The van der Waals surface area contributed by atoms with Crippen LogP contribution in [0.25, 0.3) is 0 Å². The predicted octanol–water partition coefficient (Wildman–Crippen LogP) is 3.71. The lowest BCUT2D eigenvalue weighted by Gasteiger charge is -2.31. The van der Waals surface area contributed by atoms with Gasteiger partial charge in [0.2, 0.25) is 0 Å². The van der Waals surface area contributed by atoms with Crippen LogP contribution in [0.5, 0.6) is 0 Å². The molecule has 0 aliphatic heterocycles. The average Bonchev–Trinajstić information content (AvgIpc) is 3.32. The Balaban J connectivity index is 1.75. The number of aromatic nitrogens is 1. The molecule has 1 N–H and O–H groups in total. The summed E-state index contributed by atoms with van der Waals surface area (Å²) < 4.78 is 0. The molecule has 0 bridgehead atoms. The quantitative estimate of drug-likeness (QED) is 0.922. The Kier molecular flexibility index (Phi) is 4.34. The molecule has 114 valence electrons. The van der Waals surface area contributed by atoms with Gasteiger partial charge in [0.15, 0.2) is 0 Å². The molecule has 2 aliphatic carbocycles. The lowest BCUT2D eigenvalue weighted by molar-refractivity contribution is 0.0696. The summed E-state index contributed by atoms with van der Waals surface area (Å²) in [5, 5.41) is 3.75. The van der Waals surface area contributed by atoms with Gasteiger partial charge in [-0.15, -0.1) is 0 Å². The third-order valence-corrected chi connectivity index (χ3v) is 4.76. The van der Waals surface area contributed by atoms with Crippen LogP contribution in [0.4, 0.5) is 5.82 Å². The van der Waals surface area contributed by atoms with Gasteiger partial charge < -0.3 is 10.2 Å². The van der Waals surface area contributed by atoms with Crippen LogP contribution < -0.4 is 5.32 Å². The second-order valence-electron chi connectivity index (χ2n) is 6.18. The molecule has 21 heavy (non-hydrogen) atoms. The van der Waals surface area contributed by atoms with Gasteiger partial charge >= 0.3 is 0 Å². The van der Waals surface area contributed by atoms with E-state index in [0.29, 0.717) is 22.7 Å². The standard InChI is InChI=1S/C16H22ClN3O/c1-20(12-5-3-2-4-6-12)16(21)13-9-15(18-10-14(13)17)19-11-7-8-11/h9-12H,2-8H2,1H3,(H,18,19). The summed E-state index contributed by atoms with van der Waals surface area (Å²) in [6.07, 6.45) is 9.82. The summed E-state index contributed by atoms with van der Waals surface area (Å²) in [6.45, 7) is 0. The lowest BCUT2D eigenvalue weighted by atomic mass is 9.94. The van der Waals surface area contributed by atoms with E-state index < -0.39 is 0 Å². The van der Waals surface area contributed by atoms with Crippen LogP contribution in [0.15, 0.2) is 12.3 Å². The number of halogens is 1. The summed E-state index contributed by atoms with van der Waals surface area (Å²) in [5.41, 5.74) is 0.558. The predicted molar refractivity (Wildman–Crippen MR) is 84.9 cm³/mol. The number of hydrogen-bond donors (Lipinski definition) is 1. The van der Waals surface area contributed by atoms with Crippen molar-refractivity contribution in [3.05, 3.63) is 22.8 Å². The van der Waals surface area contributed by atoms with E-state index in [1.165, 1.54) is 32.1 Å². The Morgan fingerprint density at radius 1 is 1.29 bits per heavy atom. The van der Waals surface area contributed by atoms with Gasteiger partial charge in [-0.1, -0.05) is 30.9 Å². The summed E-state index contributed by atoms with van der Waals surface area (Å²) in [6, 6.07) is 2.65. The van der Waals surface area contributed by atoms with Crippen LogP contribution in [0.3, 0.4) is 0 Å².